The van der Waals surface area contributed by atoms with Crippen molar-refractivity contribution in [1.82, 2.24) is 14.8 Å². The van der Waals surface area contributed by atoms with Gasteiger partial charge in [-0.25, -0.2) is 14.1 Å². The molecule has 6 heteroatoms. The van der Waals surface area contributed by atoms with Gasteiger partial charge in [0.2, 0.25) is 0 Å². The fourth-order valence-electron chi connectivity index (χ4n) is 1.23. The first-order valence-electron chi connectivity index (χ1n) is 4.59. The van der Waals surface area contributed by atoms with Crippen molar-refractivity contribution in [2.75, 3.05) is 0 Å². The average molecular weight is 243 g/mol. The van der Waals surface area contributed by atoms with Crippen LogP contribution in [0, 0.1) is 5.82 Å². The average Bonchev–Trinajstić information content (AvgIpc) is 2.65. The normalized spacial score (nSPS) is 11.9. The summed E-state index contributed by atoms with van der Waals surface area (Å²) < 4.78 is 14.1. The van der Waals surface area contributed by atoms with Crippen molar-refractivity contribution >= 4 is 12.4 Å². The van der Waals surface area contributed by atoms with E-state index in [-0.39, 0.29) is 24.3 Å². The molecule has 2 heterocycles. The zero-order valence-corrected chi connectivity index (χ0v) is 9.49. The smallest absolute Gasteiger partial charge is 0.161 e. The minimum absolute atomic E-state index is 0. The van der Waals surface area contributed by atoms with E-state index in [2.05, 4.69) is 10.1 Å². The number of rotatable bonds is 2. The third-order valence-electron chi connectivity index (χ3n) is 2.08. The van der Waals surface area contributed by atoms with Gasteiger partial charge in [-0.2, -0.15) is 5.10 Å². The first kappa shape index (κ1) is 12.6. The van der Waals surface area contributed by atoms with Crippen LogP contribution >= 0.6 is 12.4 Å². The number of hydrogen-bond donors (Lipinski definition) is 1. The maximum absolute atomic E-state index is 12.7. The molecule has 1 atom stereocenters. The van der Waals surface area contributed by atoms with Gasteiger partial charge in [0.15, 0.2) is 11.6 Å². The van der Waals surface area contributed by atoms with E-state index in [1.54, 1.807) is 12.3 Å². The van der Waals surface area contributed by atoms with Gasteiger partial charge in [0.1, 0.15) is 0 Å². The Morgan fingerprint density at radius 2 is 2.12 bits per heavy atom. The Morgan fingerprint density at radius 3 is 2.56 bits per heavy atom. The fraction of sp³-hybridized carbons (Fsp3) is 0.200. The van der Waals surface area contributed by atoms with Crippen LogP contribution in [0.5, 0.6) is 0 Å². The maximum atomic E-state index is 12.7. The predicted octanol–water partition coefficient (Wildman–Crippen LogP) is 1.85. The number of halogens is 2. The van der Waals surface area contributed by atoms with Crippen LogP contribution in [0.2, 0.25) is 0 Å². The predicted molar refractivity (Wildman–Crippen MR) is 61.2 cm³/mol. The molecule has 0 aliphatic carbocycles. The van der Waals surface area contributed by atoms with Crippen LogP contribution < -0.4 is 5.73 Å². The Morgan fingerprint density at radius 1 is 1.38 bits per heavy atom. The quantitative estimate of drug-likeness (QED) is 0.874. The molecule has 0 saturated heterocycles. The Kier molecular flexibility index (Phi) is 3.98. The van der Waals surface area contributed by atoms with E-state index in [9.17, 15) is 4.39 Å². The number of nitrogens with two attached hydrogens (primary N) is 1. The highest BCUT2D eigenvalue weighted by Gasteiger charge is 2.03. The van der Waals surface area contributed by atoms with Gasteiger partial charge in [0.25, 0.3) is 0 Å². The van der Waals surface area contributed by atoms with E-state index in [0.29, 0.717) is 5.82 Å². The second kappa shape index (κ2) is 5.05. The summed E-state index contributed by atoms with van der Waals surface area (Å²) in [4.78, 5) is 4.14. The van der Waals surface area contributed by atoms with Crippen molar-refractivity contribution in [2.45, 2.75) is 13.0 Å². The monoisotopic (exact) mass is 242 g/mol. The van der Waals surface area contributed by atoms with Crippen LogP contribution in [0.1, 0.15) is 18.5 Å². The molecular weight excluding hydrogens is 231 g/mol. The minimum atomic E-state index is -0.381. The fourth-order valence-corrected chi connectivity index (χ4v) is 1.23. The molecule has 0 aliphatic heterocycles. The van der Waals surface area contributed by atoms with Gasteiger partial charge in [-0.3, -0.25) is 0 Å². The third-order valence-corrected chi connectivity index (χ3v) is 2.08. The molecule has 2 aromatic rings. The van der Waals surface area contributed by atoms with Crippen molar-refractivity contribution in [1.29, 1.82) is 0 Å². The van der Waals surface area contributed by atoms with Crippen LogP contribution in [0.15, 0.2) is 30.7 Å². The van der Waals surface area contributed by atoms with E-state index in [1.807, 2.05) is 13.0 Å². The molecule has 0 unspecified atom stereocenters. The van der Waals surface area contributed by atoms with Gasteiger partial charge in [-0.15, -0.1) is 12.4 Å². The lowest BCUT2D eigenvalue weighted by atomic mass is 10.2. The van der Waals surface area contributed by atoms with Crippen LogP contribution in [0.25, 0.3) is 5.82 Å². The van der Waals surface area contributed by atoms with Gasteiger partial charge in [-0.1, -0.05) is 6.07 Å². The highest BCUT2D eigenvalue weighted by Crippen LogP contribution is 2.10. The molecule has 0 saturated carbocycles. The Bertz CT molecular complexity index is 452. The molecule has 0 aromatic carbocycles. The highest BCUT2D eigenvalue weighted by atomic mass is 35.5. The summed E-state index contributed by atoms with van der Waals surface area (Å²) in [7, 11) is 0. The molecule has 0 spiro atoms. The van der Waals surface area contributed by atoms with Gasteiger partial charge in [0.05, 0.1) is 12.4 Å². The lowest BCUT2D eigenvalue weighted by Gasteiger charge is -2.05. The molecule has 2 N–H and O–H groups in total. The molecule has 16 heavy (non-hydrogen) atoms. The Labute approximate surface area is 98.7 Å². The van der Waals surface area contributed by atoms with E-state index >= 15 is 0 Å². The zero-order chi connectivity index (χ0) is 10.8. The van der Waals surface area contributed by atoms with Crippen molar-refractivity contribution in [3.63, 3.8) is 0 Å². The number of nitrogens with zero attached hydrogens (tertiary/aromatic N) is 3. The van der Waals surface area contributed by atoms with Gasteiger partial charge < -0.3 is 5.73 Å². The molecule has 4 nitrogen and oxygen atoms in total. The second-order valence-electron chi connectivity index (χ2n) is 3.34. The molecule has 86 valence electrons. The molecule has 0 bridgehead atoms. The molecule has 0 aliphatic rings. The Balaban J connectivity index is 0.00000128. The molecule has 2 aromatic heterocycles. The molecule has 0 radical (unpaired) electrons. The van der Waals surface area contributed by atoms with Crippen molar-refractivity contribution < 1.29 is 4.39 Å². The van der Waals surface area contributed by atoms with Gasteiger partial charge in [0, 0.05) is 12.2 Å². The Hall–Kier alpha value is -1.46. The first-order valence-corrected chi connectivity index (χ1v) is 4.59. The first-order chi connectivity index (χ1) is 7.16. The van der Waals surface area contributed by atoms with Gasteiger partial charge in [-0.05, 0) is 18.6 Å². The van der Waals surface area contributed by atoms with Crippen molar-refractivity contribution in [3.05, 3.63) is 42.1 Å². The van der Waals surface area contributed by atoms with Gasteiger partial charge >= 0.3 is 0 Å². The lowest BCUT2D eigenvalue weighted by Crippen LogP contribution is -2.06. The largest absolute Gasteiger partial charge is 0.324 e. The van der Waals surface area contributed by atoms with E-state index in [0.717, 1.165) is 11.8 Å². The second-order valence-corrected chi connectivity index (χ2v) is 3.34. The summed E-state index contributed by atoms with van der Waals surface area (Å²) >= 11 is 0. The number of aromatic nitrogens is 3. The summed E-state index contributed by atoms with van der Waals surface area (Å²) in [6.07, 6.45) is 4.08. The highest BCUT2D eigenvalue weighted by molar-refractivity contribution is 5.85. The molecule has 0 amide bonds. The summed E-state index contributed by atoms with van der Waals surface area (Å²) in [6, 6.07) is 3.55. The molecule has 2 rings (SSSR count). The topological polar surface area (TPSA) is 56.7 Å². The summed E-state index contributed by atoms with van der Waals surface area (Å²) in [5.74, 6) is 0.191. The lowest BCUT2D eigenvalue weighted by molar-refractivity contribution is 0.627. The number of hydrogen-bond acceptors (Lipinski definition) is 3. The van der Waals surface area contributed by atoms with Crippen molar-refractivity contribution in [3.8, 4) is 5.82 Å². The third kappa shape index (κ3) is 2.56. The number of pyridine rings is 1. The van der Waals surface area contributed by atoms with Crippen LogP contribution in [-0.2, 0) is 0 Å². The minimum Gasteiger partial charge on any atom is -0.324 e. The van der Waals surface area contributed by atoms with Crippen molar-refractivity contribution in [2.24, 2.45) is 5.73 Å². The SMILES string of the molecule is C[C@H](N)c1ccc(-n2cc(F)cn2)nc1.Cl. The standard InChI is InChI=1S/C10H11FN4.ClH/c1-7(12)8-2-3-10(13-4-8)15-6-9(11)5-14-15;/h2-7H,12H2,1H3;1H/t7-;/m0./s1. The van der Waals surface area contributed by atoms with E-state index < -0.39 is 0 Å². The summed E-state index contributed by atoms with van der Waals surface area (Å²) in [6.45, 7) is 1.88. The van der Waals surface area contributed by atoms with Crippen LogP contribution in [0.3, 0.4) is 0 Å². The van der Waals surface area contributed by atoms with E-state index in [4.69, 9.17) is 5.73 Å². The molecular formula is C10H12ClFN4. The molecule has 0 fully saturated rings. The maximum Gasteiger partial charge on any atom is 0.161 e. The van der Waals surface area contributed by atoms with Crippen LogP contribution in [-0.4, -0.2) is 14.8 Å². The zero-order valence-electron chi connectivity index (χ0n) is 8.67. The van der Waals surface area contributed by atoms with E-state index in [1.165, 1.54) is 10.9 Å². The van der Waals surface area contributed by atoms with Crippen LogP contribution in [0.4, 0.5) is 4.39 Å². The summed E-state index contributed by atoms with van der Waals surface area (Å²) in [5.41, 5.74) is 6.62. The summed E-state index contributed by atoms with van der Waals surface area (Å²) in [5, 5.41) is 3.81.